The summed E-state index contributed by atoms with van der Waals surface area (Å²) in [6, 6.07) is 12.9. The summed E-state index contributed by atoms with van der Waals surface area (Å²) >= 11 is 0. The van der Waals surface area contributed by atoms with Gasteiger partial charge in [0.2, 0.25) is 0 Å². The lowest BCUT2D eigenvalue weighted by atomic mass is 10.1. The van der Waals surface area contributed by atoms with Crippen LogP contribution in [-0.2, 0) is 14.3 Å². The quantitative estimate of drug-likeness (QED) is 0.567. The fourth-order valence-electron chi connectivity index (χ4n) is 2.22. The van der Waals surface area contributed by atoms with Gasteiger partial charge in [0.25, 0.3) is 5.91 Å². The van der Waals surface area contributed by atoms with E-state index in [1.807, 2.05) is 0 Å². The topological polar surface area (TPSA) is 98.8 Å². The molecule has 0 atom stereocenters. The van der Waals surface area contributed by atoms with Gasteiger partial charge in [-0.1, -0.05) is 24.3 Å². The number of para-hydroxylation sites is 1. The summed E-state index contributed by atoms with van der Waals surface area (Å²) in [5, 5.41) is 2.53. The lowest BCUT2D eigenvalue weighted by Gasteiger charge is -2.10. The van der Waals surface area contributed by atoms with E-state index >= 15 is 0 Å². The van der Waals surface area contributed by atoms with E-state index in [2.05, 4.69) is 5.32 Å². The first-order valence-electron chi connectivity index (χ1n) is 8.16. The molecule has 7 heteroatoms. The maximum atomic E-state index is 11.9. The molecule has 0 aliphatic carbocycles. The zero-order chi connectivity index (χ0) is 19.8. The number of carbonyl (C=O) groups is 4. The summed E-state index contributed by atoms with van der Waals surface area (Å²) in [7, 11) is 0. The minimum atomic E-state index is -0.738. The Hall–Kier alpha value is -3.48. The van der Waals surface area contributed by atoms with E-state index in [-0.39, 0.29) is 11.6 Å². The molecule has 2 rings (SSSR count). The van der Waals surface area contributed by atoms with Crippen LogP contribution in [-0.4, -0.2) is 36.7 Å². The standard InChI is InChI=1S/C20H19NO6/c1-13(22)15-6-5-7-16(10-15)26-12-20(25)27-11-19(24)21-18-9-4-3-8-17(18)14(2)23/h3-10H,11-12H2,1-2H3,(H,21,24). The third-order valence-electron chi connectivity index (χ3n) is 3.54. The summed E-state index contributed by atoms with van der Waals surface area (Å²) < 4.78 is 10.1. The summed E-state index contributed by atoms with van der Waals surface area (Å²) in [5.74, 6) is -1.28. The van der Waals surface area contributed by atoms with Crippen LogP contribution in [0.15, 0.2) is 48.5 Å². The number of rotatable bonds is 8. The molecule has 7 nitrogen and oxygen atoms in total. The lowest BCUT2D eigenvalue weighted by Crippen LogP contribution is -2.24. The van der Waals surface area contributed by atoms with Crippen molar-refractivity contribution in [3.8, 4) is 5.75 Å². The van der Waals surface area contributed by atoms with E-state index in [1.54, 1.807) is 42.5 Å². The number of ketones is 2. The maximum absolute atomic E-state index is 11.9. The molecular weight excluding hydrogens is 350 g/mol. The van der Waals surface area contributed by atoms with Crippen LogP contribution in [0.5, 0.6) is 5.75 Å². The second-order valence-electron chi connectivity index (χ2n) is 5.68. The molecule has 1 amide bonds. The van der Waals surface area contributed by atoms with Crippen LogP contribution >= 0.6 is 0 Å². The van der Waals surface area contributed by atoms with Crippen molar-refractivity contribution in [2.24, 2.45) is 0 Å². The molecule has 0 fully saturated rings. The van der Waals surface area contributed by atoms with Crippen molar-refractivity contribution in [3.63, 3.8) is 0 Å². The van der Waals surface area contributed by atoms with Gasteiger partial charge in [-0.25, -0.2) is 4.79 Å². The van der Waals surface area contributed by atoms with Crippen LogP contribution in [0, 0.1) is 0 Å². The van der Waals surface area contributed by atoms with Gasteiger partial charge in [0.05, 0.1) is 5.69 Å². The van der Waals surface area contributed by atoms with Gasteiger partial charge in [0.1, 0.15) is 5.75 Å². The first-order valence-corrected chi connectivity index (χ1v) is 8.16. The molecule has 0 saturated heterocycles. The number of Topliss-reactive ketones (excluding diaryl/α,β-unsaturated/α-hetero) is 2. The van der Waals surface area contributed by atoms with Crippen molar-refractivity contribution in [1.29, 1.82) is 0 Å². The Kier molecular flexibility index (Phi) is 6.82. The molecule has 0 aliphatic rings. The number of hydrogen-bond acceptors (Lipinski definition) is 6. The number of nitrogens with one attached hydrogen (secondary N) is 1. The van der Waals surface area contributed by atoms with Crippen LogP contribution in [0.3, 0.4) is 0 Å². The van der Waals surface area contributed by atoms with Crippen molar-refractivity contribution < 1.29 is 28.7 Å². The number of hydrogen-bond donors (Lipinski definition) is 1. The monoisotopic (exact) mass is 369 g/mol. The second-order valence-corrected chi connectivity index (χ2v) is 5.68. The second kappa shape index (κ2) is 9.28. The Bertz CT molecular complexity index is 874. The summed E-state index contributed by atoms with van der Waals surface area (Å²) in [6.45, 7) is 1.90. The van der Waals surface area contributed by atoms with Crippen molar-refractivity contribution in [3.05, 3.63) is 59.7 Å². The predicted octanol–water partition coefficient (Wildman–Crippen LogP) is 2.65. The lowest BCUT2D eigenvalue weighted by molar-refractivity contribution is -0.149. The van der Waals surface area contributed by atoms with Gasteiger partial charge in [-0.15, -0.1) is 0 Å². The van der Waals surface area contributed by atoms with Gasteiger partial charge < -0.3 is 14.8 Å². The smallest absolute Gasteiger partial charge is 0.344 e. The molecule has 0 aliphatic heterocycles. The van der Waals surface area contributed by atoms with Gasteiger partial charge in [-0.2, -0.15) is 0 Å². The van der Waals surface area contributed by atoms with E-state index in [0.29, 0.717) is 22.6 Å². The average molecular weight is 369 g/mol. The highest BCUT2D eigenvalue weighted by Crippen LogP contribution is 2.16. The number of ether oxygens (including phenoxy) is 2. The van der Waals surface area contributed by atoms with Crippen molar-refractivity contribution in [1.82, 2.24) is 0 Å². The van der Waals surface area contributed by atoms with Gasteiger partial charge >= 0.3 is 5.97 Å². The zero-order valence-electron chi connectivity index (χ0n) is 15.0. The molecule has 0 unspecified atom stereocenters. The van der Waals surface area contributed by atoms with Crippen LogP contribution in [0.1, 0.15) is 34.6 Å². The molecule has 140 valence electrons. The van der Waals surface area contributed by atoms with Crippen molar-refractivity contribution in [2.75, 3.05) is 18.5 Å². The first kappa shape index (κ1) is 19.8. The minimum absolute atomic E-state index is 0.120. The summed E-state index contributed by atoms with van der Waals surface area (Å²) in [5.41, 5.74) is 1.18. The number of carbonyl (C=O) groups excluding carboxylic acids is 4. The number of amides is 1. The average Bonchev–Trinajstić information content (AvgIpc) is 2.65. The Morgan fingerprint density at radius 2 is 1.63 bits per heavy atom. The molecule has 0 saturated carbocycles. The molecule has 1 N–H and O–H groups in total. The highest BCUT2D eigenvalue weighted by Gasteiger charge is 2.12. The number of esters is 1. The molecule has 0 radical (unpaired) electrons. The van der Waals surface area contributed by atoms with E-state index in [0.717, 1.165) is 0 Å². The Morgan fingerprint density at radius 3 is 2.33 bits per heavy atom. The maximum Gasteiger partial charge on any atom is 0.344 e. The fraction of sp³-hybridized carbons (Fsp3) is 0.200. The molecule has 0 aromatic heterocycles. The molecule has 2 aromatic carbocycles. The molecule has 0 bridgehead atoms. The zero-order valence-corrected chi connectivity index (χ0v) is 15.0. The Labute approximate surface area is 156 Å². The highest BCUT2D eigenvalue weighted by atomic mass is 16.6. The van der Waals surface area contributed by atoms with Gasteiger partial charge in [0, 0.05) is 11.1 Å². The molecular formula is C20H19NO6. The summed E-state index contributed by atoms with van der Waals surface area (Å²) in [6.07, 6.45) is 0. The van der Waals surface area contributed by atoms with Crippen molar-refractivity contribution >= 4 is 29.1 Å². The number of benzene rings is 2. The Morgan fingerprint density at radius 1 is 0.889 bits per heavy atom. The first-order chi connectivity index (χ1) is 12.9. The number of anilines is 1. The fourth-order valence-corrected chi connectivity index (χ4v) is 2.22. The highest BCUT2D eigenvalue weighted by molar-refractivity contribution is 6.04. The summed E-state index contributed by atoms with van der Waals surface area (Å²) in [4.78, 5) is 46.5. The molecule has 27 heavy (non-hydrogen) atoms. The minimum Gasteiger partial charge on any atom is -0.482 e. The van der Waals surface area contributed by atoms with Crippen LogP contribution in [0.25, 0.3) is 0 Å². The van der Waals surface area contributed by atoms with Gasteiger partial charge in [-0.05, 0) is 38.1 Å². The SMILES string of the molecule is CC(=O)c1cccc(OCC(=O)OCC(=O)Nc2ccccc2C(C)=O)c1. The van der Waals surface area contributed by atoms with Crippen molar-refractivity contribution in [2.45, 2.75) is 13.8 Å². The van der Waals surface area contributed by atoms with E-state index in [9.17, 15) is 19.2 Å². The van der Waals surface area contributed by atoms with Crippen LogP contribution < -0.4 is 10.1 Å². The van der Waals surface area contributed by atoms with E-state index in [1.165, 1.54) is 19.9 Å². The van der Waals surface area contributed by atoms with Gasteiger partial charge in [0.15, 0.2) is 24.8 Å². The van der Waals surface area contributed by atoms with E-state index < -0.39 is 25.1 Å². The molecule has 2 aromatic rings. The Balaban J connectivity index is 1.82. The van der Waals surface area contributed by atoms with Crippen LogP contribution in [0.4, 0.5) is 5.69 Å². The third kappa shape index (κ3) is 6.07. The van der Waals surface area contributed by atoms with Crippen LogP contribution in [0.2, 0.25) is 0 Å². The molecule has 0 spiro atoms. The normalized spacial score (nSPS) is 10.0. The van der Waals surface area contributed by atoms with Gasteiger partial charge in [-0.3, -0.25) is 14.4 Å². The largest absolute Gasteiger partial charge is 0.482 e. The molecule has 0 heterocycles. The van der Waals surface area contributed by atoms with E-state index in [4.69, 9.17) is 9.47 Å². The third-order valence-corrected chi connectivity index (χ3v) is 3.54. The predicted molar refractivity (Wildman–Crippen MR) is 98.0 cm³/mol.